The fourth-order valence-electron chi connectivity index (χ4n) is 2.76. The highest BCUT2D eigenvalue weighted by atomic mass is 79.9. The quantitative estimate of drug-likeness (QED) is 0.664. The van der Waals surface area contributed by atoms with E-state index < -0.39 is 0 Å². The van der Waals surface area contributed by atoms with Crippen LogP contribution in [0.2, 0.25) is 0 Å². The Labute approximate surface area is 160 Å². The fraction of sp³-hybridized carbons (Fsp3) is 0.412. The predicted molar refractivity (Wildman–Crippen MR) is 101 cm³/mol. The van der Waals surface area contributed by atoms with Crippen molar-refractivity contribution >= 4 is 21.8 Å². The van der Waals surface area contributed by atoms with Gasteiger partial charge in [-0.1, -0.05) is 0 Å². The van der Waals surface area contributed by atoms with Crippen molar-refractivity contribution in [3.8, 4) is 0 Å². The number of hydrogen-bond acceptors (Lipinski definition) is 4. The number of aromatic nitrogens is 6. The van der Waals surface area contributed by atoms with E-state index in [1.54, 1.807) is 23.1 Å². The average molecular weight is 420 g/mol. The Morgan fingerprint density at radius 3 is 2.58 bits per heavy atom. The molecule has 0 radical (unpaired) electrons. The van der Waals surface area contributed by atoms with Crippen LogP contribution in [0.5, 0.6) is 0 Å². The molecule has 0 spiro atoms. The van der Waals surface area contributed by atoms with E-state index in [-0.39, 0.29) is 5.91 Å². The third-order valence-corrected chi connectivity index (χ3v) is 5.54. The maximum Gasteiger partial charge on any atom is 0.272 e. The van der Waals surface area contributed by atoms with Crippen LogP contribution in [0.4, 0.5) is 0 Å². The molecule has 0 unspecified atom stereocenters. The maximum absolute atomic E-state index is 12.4. The van der Waals surface area contributed by atoms with Gasteiger partial charge in [0.25, 0.3) is 5.91 Å². The summed E-state index contributed by atoms with van der Waals surface area (Å²) in [6.45, 7) is 9.66. The third-order valence-electron chi connectivity index (χ3n) is 4.39. The van der Waals surface area contributed by atoms with E-state index in [1.807, 2.05) is 37.1 Å². The van der Waals surface area contributed by atoms with Gasteiger partial charge in [0.15, 0.2) is 0 Å². The molecule has 0 fully saturated rings. The smallest absolute Gasteiger partial charge is 0.272 e. The molecule has 0 bridgehead atoms. The second kappa shape index (κ2) is 7.45. The minimum Gasteiger partial charge on any atom is -0.346 e. The number of carbonyl (C=O) groups excluding carboxylic acids is 1. The van der Waals surface area contributed by atoms with Crippen molar-refractivity contribution in [1.29, 1.82) is 0 Å². The molecular weight excluding hydrogens is 398 g/mol. The number of rotatable bonds is 6. The van der Waals surface area contributed by atoms with Gasteiger partial charge in [0, 0.05) is 30.5 Å². The van der Waals surface area contributed by atoms with Crippen molar-refractivity contribution in [3.05, 3.63) is 51.3 Å². The van der Waals surface area contributed by atoms with E-state index in [2.05, 4.69) is 36.5 Å². The average Bonchev–Trinajstić information content (AvgIpc) is 3.29. The van der Waals surface area contributed by atoms with Crippen molar-refractivity contribution in [2.75, 3.05) is 0 Å². The SMILES string of the molecule is CCn1ncc(CNC(=O)c2ccn(Cn3nc(C)c(Br)c3C)n2)c1C. The molecule has 0 saturated heterocycles. The summed E-state index contributed by atoms with van der Waals surface area (Å²) in [6.07, 6.45) is 3.57. The van der Waals surface area contributed by atoms with Gasteiger partial charge in [0.2, 0.25) is 0 Å². The molecule has 1 N–H and O–H groups in total. The lowest BCUT2D eigenvalue weighted by Crippen LogP contribution is -2.24. The van der Waals surface area contributed by atoms with E-state index in [9.17, 15) is 4.79 Å². The lowest BCUT2D eigenvalue weighted by atomic mass is 10.2. The van der Waals surface area contributed by atoms with Gasteiger partial charge in [-0.15, -0.1) is 0 Å². The number of nitrogens with zero attached hydrogens (tertiary/aromatic N) is 6. The standard InChI is InChI=1S/C17H22BrN7O/c1-5-24-12(3)14(9-20-24)8-19-17(26)15-6-7-23(22-15)10-25-13(4)16(18)11(2)21-25/h6-7,9H,5,8,10H2,1-4H3,(H,19,26). The molecule has 1 amide bonds. The van der Waals surface area contributed by atoms with Gasteiger partial charge in [0.05, 0.1) is 22.1 Å². The summed E-state index contributed by atoms with van der Waals surface area (Å²) in [4.78, 5) is 12.4. The zero-order valence-electron chi connectivity index (χ0n) is 15.3. The molecule has 0 aliphatic carbocycles. The first kappa shape index (κ1) is 18.4. The van der Waals surface area contributed by atoms with E-state index in [0.29, 0.717) is 18.9 Å². The largest absolute Gasteiger partial charge is 0.346 e. The van der Waals surface area contributed by atoms with Crippen LogP contribution in [0.25, 0.3) is 0 Å². The second-order valence-corrected chi connectivity index (χ2v) is 6.91. The Morgan fingerprint density at radius 2 is 1.96 bits per heavy atom. The van der Waals surface area contributed by atoms with Gasteiger partial charge in [-0.05, 0) is 49.7 Å². The van der Waals surface area contributed by atoms with Gasteiger partial charge < -0.3 is 5.32 Å². The van der Waals surface area contributed by atoms with Gasteiger partial charge in [0.1, 0.15) is 12.4 Å². The summed E-state index contributed by atoms with van der Waals surface area (Å²) in [6, 6.07) is 1.71. The Balaban J connectivity index is 1.64. The van der Waals surface area contributed by atoms with Crippen molar-refractivity contribution in [3.63, 3.8) is 0 Å². The van der Waals surface area contributed by atoms with Crippen molar-refractivity contribution in [2.45, 2.75) is 47.5 Å². The molecule has 0 saturated carbocycles. The topological polar surface area (TPSA) is 82.6 Å². The Morgan fingerprint density at radius 1 is 1.19 bits per heavy atom. The number of carbonyl (C=O) groups is 1. The zero-order chi connectivity index (χ0) is 18.8. The van der Waals surface area contributed by atoms with Crippen LogP contribution in [-0.2, 0) is 19.8 Å². The van der Waals surface area contributed by atoms with Crippen molar-refractivity contribution in [1.82, 2.24) is 34.7 Å². The highest BCUT2D eigenvalue weighted by Crippen LogP contribution is 2.19. The first-order valence-electron chi connectivity index (χ1n) is 8.43. The van der Waals surface area contributed by atoms with Crippen LogP contribution in [0.3, 0.4) is 0 Å². The summed E-state index contributed by atoms with van der Waals surface area (Å²) in [7, 11) is 0. The maximum atomic E-state index is 12.4. The van der Waals surface area contributed by atoms with Crippen LogP contribution >= 0.6 is 15.9 Å². The minimum absolute atomic E-state index is 0.207. The molecule has 3 aromatic heterocycles. The van der Waals surface area contributed by atoms with Crippen LogP contribution < -0.4 is 5.32 Å². The van der Waals surface area contributed by atoms with E-state index in [4.69, 9.17) is 0 Å². The van der Waals surface area contributed by atoms with Crippen LogP contribution in [0.15, 0.2) is 22.9 Å². The van der Waals surface area contributed by atoms with Crippen LogP contribution in [-0.4, -0.2) is 35.2 Å². The van der Waals surface area contributed by atoms with Gasteiger partial charge >= 0.3 is 0 Å². The molecule has 0 aliphatic heterocycles. The van der Waals surface area contributed by atoms with Crippen molar-refractivity contribution < 1.29 is 4.79 Å². The lowest BCUT2D eigenvalue weighted by molar-refractivity contribution is 0.0945. The van der Waals surface area contributed by atoms with Crippen LogP contribution in [0.1, 0.15) is 40.1 Å². The molecule has 26 heavy (non-hydrogen) atoms. The summed E-state index contributed by atoms with van der Waals surface area (Å²) >= 11 is 3.51. The Bertz CT molecular complexity index is 937. The first-order chi connectivity index (χ1) is 12.4. The summed E-state index contributed by atoms with van der Waals surface area (Å²) in [5.74, 6) is -0.207. The van der Waals surface area contributed by atoms with Crippen LogP contribution in [0, 0.1) is 20.8 Å². The van der Waals surface area contributed by atoms with Gasteiger partial charge in [-0.2, -0.15) is 15.3 Å². The number of hydrogen-bond donors (Lipinski definition) is 1. The summed E-state index contributed by atoms with van der Waals surface area (Å²) in [5, 5.41) is 16.0. The number of amides is 1. The Hall–Kier alpha value is -2.42. The second-order valence-electron chi connectivity index (χ2n) is 6.12. The minimum atomic E-state index is -0.207. The summed E-state index contributed by atoms with van der Waals surface area (Å²) < 4.78 is 6.44. The molecule has 3 rings (SSSR count). The van der Waals surface area contributed by atoms with E-state index in [1.165, 1.54) is 0 Å². The van der Waals surface area contributed by atoms with Gasteiger partial charge in [-0.3, -0.25) is 14.2 Å². The number of nitrogens with one attached hydrogen (secondary N) is 1. The highest BCUT2D eigenvalue weighted by Gasteiger charge is 2.13. The van der Waals surface area contributed by atoms with E-state index in [0.717, 1.165) is 33.7 Å². The number of aryl methyl sites for hydroxylation is 2. The molecule has 3 aromatic rings. The molecule has 3 heterocycles. The molecule has 0 aliphatic rings. The monoisotopic (exact) mass is 419 g/mol. The molecule has 9 heteroatoms. The number of halogens is 1. The fourth-order valence-corrected chi connectivity index (χ4v) is 3.04. The lowest BCUT2D eigenvalue weighted by Gasteiger charge is -2.05. The molecular formula is C17H22BrN7O. The van der Waals surface area contributed by atoms with Crippen molar-refractivity contribution in [2.24, 2.45) is 0 Å². The molecule has 0 atom stereocenters. The Kier molecular flexibility index (Phi) is 5.26. The molecule has 138 valence electrons. The normalized spacial score (nSPS) is 11.1. The first-order valence-corrected chi connectivity index (χ1v) is 9.22. The molecule has 0 aromatic carbocycles. The van der Waals surface area contributed by atoms with Gasteiger partial charge in [-0.25, -0.2) is 4.68 Å². The van der Waals surface area contributed by atoms with E-state index >= 15 is 0 Å². The highest BCUT2D eigenvalue weighted by molar-refractivity contribution is 9.10. The predicted octanol–water partition coefficient (Wildman–Crippen LogP) is 2.42. The molecule has 8 nitrogen and oxygen atoms in total. The third kappa shape index (κ3) is 3.57. The zero-order valence-corrected chi connectivity index (χ0v) is 16.9. The summed E-state index contributed by atoms with van der Waals surface area (Å²) in [5.41, 5.74) is 4.40.